The number of non-ortho nitro benzene ring substituents is 1. The predicted molar refractivity (Wildman–Crippen MR) is 139 cm³/mol. The smallest absolute Gasteiger partial charge is 0.337 e. The van der Waals surface area contributed by atoms with E-state index in [1.807, 2.05) is 30.3 Å². The van der Waals surface area contributed by atoms with Crippen LogP contribution in [-0.4, -0.2) is 61.7 Å². The Morgan fingerprint density at radius 1 is 1.05 bits per heavy atom. The number of allylic oxidation sites excluding steroid dienone is 2. The summed E-state index contributed by atoms with van der Waals surface area (Å²) in [5.41, 5.74) is 2.47. The van der Waals surface area contributed by atoms with E-state index >= 15 is 0 Å². The molecule has 0 amide bonds. The van der Waals surface area contributed by atoms with Crippen molar-refractivity contribution < 1.29 is 28.7 Å². The van der Waals surface area contributed by atoms with Crippen LogP contribution in [0.5, 0.6) is 0 Å². The van der Waals surface area contributed by atoms with Crippen LogP contribution in [0.2, 0.25) is 0 Å². The molecule has 2 aliphatic heterocycles. The van der Waals surface area contributed by atoms with E-state index in [0.29, 0.717) is 36.7 Å². The second kappa shape index (κ2) is 12.0. The second-order valence-electron chi connectivity index (χ2n) is 9.20. The maximum absolute atomic E-state index is 13.9. The summed E-state index contributed by atoms with van der Waals surface area (Å²) in [5.74, 6) is -2.18. The quantitative estimate of drug-likeness (QED) is 0.315. The summed E-state index contributed by atoms with van der Waals surface area (Å²) in [6, 6.07) is 15.4. The lowest BCUT2D eigenvalue weighted by Gasteiger charge is -2.33. The maximum Gasteiger partial charge on any atom is 0.337 e. The number of ether oxygens (including phenoxy) is 3. The lowest BCUT2D eigenvalue weighted by molar-refractivity contribution is -0.384. The van der Waals surface area contributed by atoms with Crippen molar-refractivity contribution in [2.45, 2.75) is 25.9 Å². The van der Waals surface area contributed by atoms with Crippen molar-refractivity contribution >= 4 is 17.6 Å². The number of dihydropyridines is 1. The molecule has 200 valence electrons. The fraction of sp³-hybridized carbons (Fsp3) is 0.357. The van der Waals surface area contributed by atoms with Gasteiger partial charge in [0.15, 0.2) is 0 Å². The van der Waals surface area contributed by atoms with Gasteiger partial charge in [0.1, 0.15) is 6.10 Å². The Morgan fingerprint density at radius 3 is 2.34 bits per heavy atom. The number of hydrogen-bond donors (Lipinski definition) is 1. The number of nitrogens with one attached hydrogen (secondary N) is 1. The molecule has 0 radical (unpaired) electrons. The minimum Gasteiger partial charge on any atom is -0.466 e. The van der Waals surface area contributed by atoms with E-state index in [-0.39, 0.29) is 16.8 Å². The average molecular weight is 522 g/mol. The zero-order valence-electron chi connectivity index (χ0n) is 21.6. The van der Waals surface area contributed by atoms with Crippen LogP contribution in [-0.2, 0) is 23.8 Å². The van der Waals surface area contributed by atoms with Gasteiger partial charge in [0, 0.05) is 43.2 Å². The van der Waals surface area contributed by atoms with Gasteiger partial charge in [-0.25, -0.2) is 9.59 Å². The van der Waals surface area contributed by atoms with Gasteiger partial charge in [-0.1, -0.05) is 42.5 Å². The number of methoxy groups -OCH3 is 1. The van der Waals surface area contributed by atoms with Crippen molar-refractivity contribution in [1.82, 2.24) is 10.2 Å². The van der Waals surface area contributed by atoms with Gasteiger partial charge in [-0.2, -0.15) is 0 Å². The topological polar surface area (TPSA) is 120 Å². The molecule has 2 unspecified atom stereocenters. The molecule has 2 atom stereocenters. The van der Waals surface area contributed by atoms with Gasteiger partial charge in [-0.3, -0.25) is 15.0 Å². The second-order valence-corrected chi connectivity index (χ2v) is 9.20. The molecule has 1 fully saturated rings. The van der Waals surface area contributed by atoms with Crippen LogP contribution >= 0.6 is 0 Å². The SMILES string of the molecule is COC(=O)C1=C(C)NC(C)=C(C(=O)OC(CN2CCOCC2)c2ccccc2)C1c1cccc([N+](=O)[O-])c1. The van der Waals surface area contributed by atoms with Gasteiger partial charge >= 0.3 is 11.9 Å². The molecular weight excluding hydrogens is 490 g/mol. The Kier molecular flexibility index (Phi) is 8.55. The van der Waals surface area contributed by atoms with Gasteiger partial charge in [-0.15, -0.1) is 0 Å². The molecule has 2 aliphatic rings. The molecule has 1 N–H and O–H groups in total. The first kappa shape index (κ1) is 27.0. The Labute approximate surface area is 221 Å². The normalized spacial score (nSPS) is 19.0. The molecular formula is C28H31N3O7. The molecule has 2 aromatic rings. The summed E-state index contributed by atoms with van der Waals surface area (Å²) in [4.78, 5) is 40.0. The van der Waals surface area contributed by atoms with Crippen LogP contribution in [0.25, 0.3) is 0 Å². The molecule has 10 nitrogen and oxygen atoms in total. The molecule has 0 spiro atoms. The molecule has 0 saturated carbocycles. The first-order valence-electron chi connectivity index (χ1n) is 12.4. The fourth-order valence-electron chi connectivity index (χ4n) is 4.89. The van der Waals surface area contributed by atoms with Crippen LogP contribution in [0, 0.1) is 10.1 Å². The zero-order valence-corrected chi connectivity index (χ0v) is 21.6. The van der Waals surface area contributed by atoms with Gasteiger partial charge in [0.05, 0.1) is 42.3 Å². The van der Waals surface area contributed by atoms with E-state index in [0.717, 1.165) is 18.7 Å². The lowest BCUT2D eigenvalue weighted by atomic mass is 9.80. The molecule has 0 aliphatic carbocycles. The number of morpholine rings is 1. The number of benzene rings is 2. The molecule has 38 heavy (non-hydrogen) atoms. The van der Waals surface area contributed by atoms with E-state index in [2.05, 4.69) is 10.2 Å². The molecule has 1 saturated heterocycles. The van der Waals surface area contributed by atoms with Gasteiger partial charge in [0.25, 0.3) is 5.69 Å². The van der Waals surface area contributed by atoms with Crippen LogP contribution in [0.15, 0.2) is 77.1 Å². The number of hydrogen-bond acceptors (Lipinski definition) is 9. The number of esters is 2. The number of nitrogens with zero attached hydrogens (tertiary/aromatic N) is 2. The molecule has 0 aromatic heterocycles. The maximum atomic E-state index is 13.9. The first-order chi connectivity index (χ1) is 18.3. The van der Waals surface area contributed by atoms with Crippen LogP contribution in [0.4, 0.5) is 5.69 Å². The third kappa shape index (κ3) is 5.92. The number of carbonyl (C=O) groups excluding carboxylic acids is 2. The highest BCUT2D eigenvalue weighted by Crippen LogP contribution is 2.40. The van der Waals surface area contributed by atoms with E-state index in [1.165, 1.54) is 25.3 Å². The summed E-state index contributed by atoms with van der Waals surface area (Å²) in [5, 5.41) is 14.6. The van der Waals surface area contributed by atoms with Crippen molar-refractivity contribution in [3.63, 3.8) is 0 Å². The molecule has 10 heteroatoms. The molecule has 4 rings (SSSR count). The Balaban J connectivity index is 1.74. The third-order valence-corrected chi connectivity index (χ3v) is 6.75. The van der Waals surface area contributed by atoms with E-state index in [1.54, 1.807) is 19.9 Å². The Hall–Kier alpha value is -4.02. The van der Waals surface area contributed by atoms with Crippen molar-refractivity contribution in [2.24, 2.45) is 0 Å². The minimum absolute atomic E-state index is 0.150. The van der Waals surface area contributed by atoms with Crippen molar-refractivity contribution in [3.05, 3.63) is 98.4 Å². The first-order valence-corrected chi connectivity index (χ1v) is 12.4. The molecule has 2 heterocycles. The average Bonchev–Trinajstić information content (AvgIpc) is 2.93. The highest BCUT2D eigenvalue weighted by Gasteiger charge is 2.39. The van der Waals surface area contributed by atoms with Crippen LogP contribution < -0.4 is 5.32 Å². The fourth-order valence-corrected chi connectivity index (χ4v) is 4.89. The summed E-state index contributed by atoms with van der Waals surface area (Å²) < 4.78 is 16.6. The summed E-state index contributed by atoms with van der Waals surface area (Å²) in [6.07, 6.45) is -0.582. The third-order valence-electron chi connectivity index (χ3n) is 6.75. The summed E-state index contributed by atoms with van der Waals surface area (Å²) in [7, 11) is 1.25. The number of rotatable bonds is 8. The lowest BCUT2D eigenvalue weighted by Crippen LogP contribution is -2.40. The predicted octanol–water partition coefficient (Wildman–Crippen LogP) is 3.62. The molecule has 0 bridgehead atoms. The standard InChI is InChI=1S/C28H31N3O7/c1-18-24(27(32)36-3)26(21-10-7-11-22(16-21)31(34)35)25(19(2)29-18)28(33)38-23(20-8-5-4-6-9-20)17-30-12-14-37-15-13-30/h4-11,16,23,26,29H,12-15,17H2,1-3H3. The van der Waals surface area contributed by atoms with Gasteiger partial charge in [-0.05, 0) is 25.0 Å². The van der Waals surface area contributed by atoms with E-state index in [4.69, 9.17) is 14.2 Å². The molecule has 2 aromatic carbocycles. The van der Waals surface area contributed by atoms with Gasteiger partial charge < -0.3 is 19.5 Å². The number of nitro benzene ring substituents is 1. The Bertz CT molecular complexity index is 1270. The summed E-state index contributed by atoms with van der Waals surface area (Å²) in [6.45, 7) is 6.53. The van der Waals surface area contributed by atoms with Crippen molar-refractivity contribution in [2.75, 3.05) is 40.0 Å². The van der Waals surface area contributed by atoms with E-state index < -0.39 is 28.9 Å². The zero-order chi connectivity index (χ0) is 27.2. The van der Waals surface area contributed by atoms with E-state index in [9.17, 15) is 19.7 Å². The largest absolute Gasteiger partial charge is 0.466 e. The highest BCUT2D eigenvalue weighted by atomic mass is 16.6. The highest BCUT2D eigenvalue weighted by molar-refractivity contribution is 6.00. The number of carbonyl (C=O) groups is 2. The van der Waals surface area contributed by atoms with Crippen LogP contribution in [0.3, 0.4) is 0 Å². The number of nitro groups is 1. The van der Waals surface area contributed by atoms with Crippen molar-refractivity contribution in [1.29, 1.82) is 0 Å². The minimum atomic E-state index is -0.920. The summed E-state index contributed by atoms with van der Waals surface area (Å²) >= 11 is 0. The monoisotopic (exact) mass is 521 g/mol. The van der Waals surface area contributed by atoms with Crippen molar-refractivity contribution in [3.8, 4) is 0 Å². The Morgan fingerprint density at radius 2 is 1.71 bits per heavy atom. The van der Waals surface area contributed by atoms with Crippen LogP contribution in [0.1, 0.15) is 37.0 Å². The van der Waals surface area contributed by atoms with Gasteiger partial charge in [0.2, 0.25) is 0 Å².